The van der Waals surface area contributed by atoms with Gasteiger partial charge in [0.1, 0.15) is 4.83 Å². The van der Waals surface area contributed by atoms with E-state index in [0.29, 0.717) is 11.3 Å². The van der Waals surface area contributed by atoms with Crippen LogP contribution in [0.2, 0.25) is 0 Å². The number of benzene rings is 1. The molecule has 0 saturated carbocycles. The zero-order valence-electron chi connectivity index (χ0n) is 11.0. The van der Waals surface area contributed by atoms with Gasteiger partial charge in [0, 0.05) is 5.69 Å². The first-order valence-corrected chi connectivity index (χ1v) is 6.85. The molecule has 0 aromatic heterocycles. The van der Waals surface area contributed by atoms with Gasteiger partial charge in [0.25, 0.3) is 0 Å². The van der Waals surface area contributed by atoms with Crippen LogP contribution in [-0.2, 0) is 10.2 Å². The minimum atomic E-state index is -5.66. The number of hydrogen-bond donors (Lipinski definition) is 1. The maximum Gasteiger partial charge on any atom is 0.454 e. The molecule has 0 saturated heterocycles. The molecule has 2 rings (SSSR count). The lowest BCUT2D eigenvalue weighted by Crippen LogP contribution is -2.40. The van der Waals surface area contributed by atoms with Crippen molar-refractivity contribution in [2.45, 2.75) is 36.2 Å². The van der Waals surface area contributed by atoms with E-state index in [4.69, 9.17) is 0 Å². The second-order valence-electron chi connectivity index (χ2n) is 5.37. The highest BCUT2D eigenvalue weighted by Gasteiger charge is 2.62. The number of carbonyl (C=O) groups excluding carboxylic acids is 1. The fourth-order valence-corrected chi connectivity index (χ4v) is 2.64. The molecular formula is C13H11BrF5NO. The van der Waals surface area contributed by atoms with E-state index in [1.807, 2.05) is 0 Å². The molecule has 2 nitrogen and oxygen atoms in total. The van der Waals surface area contributed by atoms with Gasteiger partial charge in [-0.3, -0.25) is 4.79 Å². The molecule has 1 aliphatic rings. The first-order chi connectivity index (χ1) is 9.39. The van der Waals surface area contributed by atoms with Crippen LogP contribution in [0.4, 0.5) is 27.6 Å². The summed E-state index contributed by atoms with van der Waals surface area (Å²) in [5.41, 5.74) is -0.400. The Kier molecular flexibility index (Phi) is 3.59. The molecule has 0 fully saturated rings. The maximum absolute atomic E-state index is 13.4. The number of halogens is 6. The lowest BCUT2D eigenvalue weighted by Gasteiger charge is -2.25. The second-order valence-corrected chi connectivity index (χ2v) is 6.28. The van der Waals surface area contributed by atoms with Gasteiger partial charge >= 0.3 is 12.1 Å². The highest BCUT2D eigenvalue weighted by molar-refractivity contribution is 9.09. The molecule has 1 amide bonds. The predicted octanol–water partition coefficient (Wildman–Crippen LogP) is 4.55. The van der Waals surface area contributed by atoms with E-state index in [-0.39, 0.29) is 11.5 Å². The molecule has 0 bridgehead atoms. The first kappa shape index (κ1) is 16.2. The van der Waals surface area contributed by atoms with Gasteiger partial charge in [-0.1, -0.05) is 28.1 Å². The quantitative estimate of drug-likeness (QED) is 0.599. The van der Waals surface area contributed by atoms with Gasteiger partial charge in [0.15, 0.2) is 0 Å². The van der Waals surface area contributed by atoms with Crippen molar-refractivity contribution in [1.82, 2.24) is 0 Å². The van der Waals surface area contributed by atoms with Crippen molar-refractivity contribution in [3.63, 3.8) is 0 Å². The number of hydrogen-bond acceptors (Lipinski definition) is 1. The summed E-state index contributed by atoms with van der Waals surface area (Å²) in [7, 11) is 0. The summed E-state index contributed by atoms with van der Waals surface area (Å²) < 4.78 is 64.0. The number of fused-ring (bicyclic) bond motifs is 1. The van der Waals surface area contributed by atoms with Crippen molar-refractivity contribution in [2.24, 2.45) is 0 Å². The van der Waals surface area contributed by atoms with E-state index >= 15 is 0 Å². The van der Waals surface area contributed by atoms with E-state index in [1.165, 1.54) is 12.1 Å². The number of alkyl halides is 6. The molecule has 0 aliphatic carbocycles. The topological polar surface area (TPSA) is 29.1 Å². The third-order valence-electron chi connectivity index (χ3n) is 3.52. The van der Waals surface area contributed by atoms with E-state index in [1.54, 1.807) is 13.8 Å². The number of carbonyl (C=O) groups is 1. The van der Waals surface area contributed by atoms with E-state index in [9.17, 15) is 26.7 Å². The van der Waals surface area contributed by atoms with Gasteiger partial charge < -0.3 is 5.32 Å². The van der Waals surface area contributed by atoms with Crippen molar-refractivity contribution in [2.75, 3.05) is 5.32 Å². The van der Waals surface area contributed by atoms with Crippen LogP contribution in [0, 0.1) is 0 Å². The molecule has 116 valence electrons. The summed E-state index contributed by atoms with van der Waals surface area (Å²) in [4.78, 5) is 9.52. The van der Waals surface area contributed by atoms with Crippen LogP contribution in [0.1, 0.15) is 29.8 Å². The maximum atomic E-state index is 13.4. The Morgan fingerprint density at radius 1 is 1.19 bits per heavy atom. The molecule has 0 radical (unpaired) electrons. The van der Waals surface area contributed by atoms with Crippen LogP contribution < -0.4 is 5.32 Å². The molecule has 1 heterocycles. The average molecular weight is 372 g/mol. The minimum Gasteiger partial charge on any atom is -0.325 e. The van der Waals surface area contributed by atoms with Crippen LogP contribution in [0.5, 0.6) is 0 Å². The first-order valence-electron chi connectivity index (χ1n) is 5.93. The third kappa shape index (κ3) is 2.43. The van der Waals surface area contributed by atoms with Crippen LogP contribution in [0.25, 0.3) is 0 Å². The molecule has 1 aromatic rings. The zero-order valence-corrected chi connectivity index (χ0v) is 12.6. The molecule has 21 heavy (non-hydrogen) atoms. The Labute approximate surface area is 125 Å². The monoisotopic (exact) mass is 371 g/mol. The largest absolute Gasteiger partial charge is 0.454 e. The summed E-state index contributed by atoms with van der Waals surface area (Å²) in [6, 6.07) is 3.67. The molecule has 1 unspecified atom stereocenters. The van der Waals surface area contributed by atoms with Crippen molar-refractivity contribution < 1.29 is 26.7 Å². The Hall–Kier alpha value is -1.18. The predicted molar refractivity (Wildman–Crippen MR) is 70.8 cm³/mol. The summed E-state index contributed by atoms with van der Waals surface area (Å²) >= 11 is 2.43. The Morgan fingerprint density at radius 3 is 2.29 bits per heavy atom. The molecule has 1 N–H and O–H groups in total. The van der Waals surface area contributed by atoms with Gasteiger partial charge in [-0.2, -0.15) is 22.0 Å². The van der Waals surface area contributed by atoms with E-state index in [0.717, 1.165) is 6.07 Å². The SMILES string of the molecule is CC1(C)C(=O)Nc2ccc(C(Br)C(F)(F)C(F)(F)F)cc21. The number of nitrogens with one attached hydrogen (secondary N) is 1. The Morgan fingerprint density at radius 2 is 1.76 bits per heavy atom. The number of anilines is 1. The lowest BCUT2D eigenvalue weighted by atomic mass is 9.85. The highest BCUT2D eigenvalue weighted by Crippen LogP contribution is 2.50. The average Bonchev–Trinajstić information content (AvgIpc) is 2.58. The lowest BCUT2D eigenvalue weighted by molar-refractivity contribution is -0.281. The van der Waals surface area contributed by atoms with Gasteiger partial charge in [0.2, 0.25) is 5.91 Å². The van der Waals surface area contributed by atoms with Crippen LogP contribution >= 0.6 is 15.9 Å². The van der Waals surface area contributed by atoms with Crippen molar-refractivity contribution in [3.05, 3.63) is 29.3 Å². The van der Waals surface area contributed by atoms with Crippen molar-refractivity contribution in [3.8, 4) is 0 Å². The van der Waals surface area contributed by atoms with Crippen molar-refractivity contribution in [1.29, 1.82) is 0 Å². The van der Waals surface area contributed by atoms with Gasteiger partial charge in [-0.05, 0) is 31.0 Å². The fourth-order valence-electron chi connectivity index (χ4n) is 2.10. The van der Waals surface area contributed by atoms with Crippen LogP contribution in [0.3, 0.4) is 0 Å². The molecule has 8 heteroatoms. The van der Waals surface area contributed by atoms with Gasteiger partial charge in [0.05, 0.1) is 5.41 Å². The van der Waals surface area contributed by atoms with E-state index < -0.39 is 22.3 Å². The molecule has 1 aromatic carbocycles. The van der Waals surface area contributed by atoms with Gasteiger partial charge in [-0.15, -0.1) is 0 Å². The number of amides is 1. The van der Waals surface area contributed by atoms with Crippen LogP contribution in [-0.4, -0.2) is 18.0 Å². The minimum absolute atomic E-state index is 0.236. The normalized spacial score (nSPS) is 19.1. The smallest absolute Gasteiger partial charge is 0.325 e. The molecule has 1 aliphatic heterocycles. The van der Waals surface area contributed by atoms with Crippen molar-refractivity contribution >= 4 is 27.5 Å². The highest BCUT2D eigenvalue weighted by atomic mass is 79.9. The standard InChI is InChI=1S/C13H11BrF5NO/c1-11(2)7-5-6(3-4-8(7)20-10(11)21)9(14)12(15,16)13(17,18)19/h3-5,9H,1-2H3,(H,20,21). The Bertz CT molecular complexity index is 597. The van der Waals surface area contributed by atoms with E-state index in [2.05, 4.69) is 21.2 Å². The summed E-state index contributed by atoms with van der Waals surface area (Å²) in [6.07, 6.45) is -5.66. The molecule has 1 atom stereocenters. The summed E-state index contributed by atoms with van der Waals surface area (Å²) in [5.74, 6) is -5.25. The summed E-state index contributed by atoms with van der Waals surface area (Å²) in [6.45, 7) is 3.15. The Balaban J connectivity index is 2.46. The molecule has 0 spiro atoms. The third-order valence-corrected chi connectivity index (χ3v) is 4.63. The zero-order chi connectivity index (χ0) is 16.2. The summed E-state index contributed by atoms with van der Waals surface area (Å²) in [5, 5.41) is 2.56. The molecular weight excluding hydrogens is 361 g/mol. The van der Waals surface area contributed by atoms with Crippen LogP contribution in [0.15, 0.2) is 18.2 Å². The van der Waals surface area contributed by atoms with Gasteiger partial charge in [-0.25, -0.2) is 0 Å². The fraction of sp³-hybridized carbons (Fsp3) is 0.462. The number of rotatable bonds is 2. The second kappa shape index (κ2) is 4.66.